The van der Waals surface area contributed by atoms with Crippen LogP contribution in [0.15, 0.2) is 4.52 Å². The number of carbonyl (C=O) groups excluding carboxylic acids is 1. The Kier molecular flexibility index (Phi) is 3.74. The second kappa shape index (κ2) is 5.46. The minimum atomic E-state index is -0.609. The molecule has 2 aromatic rings. The van der Waals surface area contributed by atoms with E-state index in [1.807, 2.05) is 6.92 Å². The smallest absolute Gasteiger partial charge is 0.346 e. The van der Waals surface area contributed by atoms with Gasteiger partial charge in [0.2, 0.25) is 5.88 Å². The number of hydrogen-bond acceptors (Lipinski definition) is 8. The van der Waals surface area contributed by atoms with Crippen LogP contribution in [0.25, 0.3) is 0 Å². The first-order valence-corrected chi connectivity index (χ1v) is 5.77. The van der Waals surface area contributed by atoms with Crippen LogP contribution >= 0.6 is 0 Å². The van der Waals surface area contributed by atoms with Gasteiger partial charge in [-0.15, -0.1) is 5.10 Å². The van der Waals surface area contributed by atoms with Crippen LogP contribution < -0.4 is 5.73 Å². The number of nitrogens with zero attached hydrogens (tertiary/aromatic N) is 5. The van der Waals surface area contributed by atoms with Crippen LogP contribution in [-0.4, -0.2) is 31.3 Å². The summed E-state index contributed by atoms with van der Waals surface area (Å²) >= 11 is 0. The highest BCUT2D eigenvalue weighted by Gasteiger charge is 2.20. The number of rotatable bonds is 5. The molecule has 9 heteroatoms. The monoisotopic (exact) mass is 266 g/mol. The lowest BCUT2D eigenvalue weighted by Gasteiger charge is -2.04. The molecule has 0 saturated carbocycles. The van der Waals surface area contributed by atoms with Gasteiger partial charge in [-0.1, -0.05) is 12.1 Å². The molecular formula is C10H14N6O3. The van der Waals surface area contributed by atoms with Crippen LogP contribution in [0.2, 0.25) is 0 Å². The molecule has 0 atom stereocenters. The minimum Gasteiger partial charge on any atom is -0.454 e. The maximum atomic E-state index is 11.8. The fourth-order valence-corrected chi connectivity index (χ4v) is 1.55. The zero-order valence-electron chi connectivity index (χ0n) is 10.7. The van der Waals surface area contributed by atoms with Crippen LogP contribution in [0.5, 0.6) is 0 Å². The van der Waals surface area contributed by atoms with Crippen molar-refractivity contribution < 1.29 is 14.1 Å². The van der Waals surface area contributed by atoms with E-state index in [1.54, 1.807) is 11.6 Å². The number of ether oxygens (including phenoxy) is 1. The second-order valence-electron chi connectivity index (χ2n) is 3.90. The highest BCUT2D eigenvalue weighted by molar-refractivity contribution is 5.94. The van der Waals surface area contributed by atoms with Gasteiger partial charge in [-0.05, 0) is 23.8 Å². The Balaban J connectivity index is 2.03. The maximum absolute atomic E-state index is 11.8. The summed E-state index contributed by atoms with van der Waals surface area (Å²) in [4.78, 5) is 11.8. The Morgan fingerprint density at radius 2 is 2.32 bits per heavy atom. The molecule has 0 aliphatic rings. The molecule has 0 aliphatic carbocycles. The van der Waals surface area contributed by atoms with Gasteiger partial charge in [0, 0.05) is 6.54 Å². The third kappa shape index (κ3) is 2.69. The molecule has 0 radical (unpaired) electrons. The van der Waals surface area contributed by atoms with E-state index in [1.165, 1.54) is 0 Å². The summed E-state index contributed by atoms with van der Waals surface area (Å²) in [5.74, 6) is -0.194. The van der Waals surface area contributed by atoms with Gasteiger partial charge in [-0.3, -0.25) is 0 Å². The Labute approximate surface area is 108 Å². The van der Waals surface area contributed by atoms with Gasteiger partial charge < -0.3 is 15.0 Å². The molecule has 2 heterocycles. The summed E-state index contributed by atoms with van der Waals surface area (Å²) in [6, 6.07) is 0. The van der Waals surface area contributed by atoms with Crippen molar-refractivity contribution in [3.8, 4) is 0 Å². The van der Waals surface area contributed by atoms with Gasteiger partial charge in [0.25, 0.3) is 0 Å². The van der Waals surface area contributed by atoms with Crippen LogP contribution in [0.4, 0.5) is 5.88 Å². The molecule has 0 aromatic carbocycles. The lowest BCUT2D eigenvalue weighted by atomic mass is 10.2. The Hall–Kier alpha value is -2.45. The van der Waals surface area contributed by atoms with Crippen molar-refractivity contribution in [2.45, 2.75) is 33.4 Å². The van der Waals surface area contributed by atoms with Gasteiger partial charge in [0.05, 0.1) is 5.69 Å². The zero-order chi connectivity index (χ0) is 13.8. The summed E-state index contributed by atoms with van der Waals surface area (Å²) in [5, 5.41) is 14.7. The van der Waals surface area contributed by atoms with Crippen LogP contribution in [0, 0.1) is 6.92 Å². The van der Waals surface area contributed by atoms with Crippen molar-refractivity contribution in [3.63, 3.8) is 0 Å². The maximum Gasteiger partial charge on any atom is 0.346 e. The molecule has 0 amide bonds. The molecule has 2 N–H and O–H groups in total. The van der Waals surface area contributed by atoms with Crippen molar-refractivity contribution in [1.82, 2.24) is 25.4 Å². The number of aromatic nitrogens is 5. The largest absolute Gasteiger partial charge is 0.454 e. The number of hydrogen-bond donors (Lipinski definition) is 1. The number of nitrogen functional groups attached to an aromatic ring is 1. The Morgan fingerprint density at radius 1 is 1.53 bits per heavy atom. The summed E-state index contributed by atoms with van der Waals surface area (Å²) in [7, 11) is 0. The average molecular weight is 266 g/mol. The van der Waals surface area contributed by atoms with Crippen LogP contribution in [-0.2, 0) is 17.9 Å². The lowest BCUT2D eigenvalue weighted by molar-refractivity contribution is 0.0456. The van der Waals surface area contributed by atoms with Crippen molar-refractivity contribution >= 4 is 11.9 Å². The molecule has 102 valence electrons. The van der Waals surface area contributed by atoms with E-state index in [0.29, 0.717) is 18.1 Å². The predicted molar refractivity (Wildman–Crippen MR) is 62.9 cm³/mol. The van der Waals surface area contributed by atoms with Crippen molar-refractivity contribution in [2.24, 2.45) is 0 Å². The van der Waals surface area contributed by atoms with Gasteiger partial charge in [0.1, 0.15) is 5.56 Å². The first kappa shape index (κ1) is 13.0. The highest BCUT2D eigenvalue weighted by atomic mass is 16.5. The average Bonchev–Trinajstić information content (AvgIpc) is 2.94. The van der Waals surface area contributed by atoms with Crippen LogP contribution in [0.1, 0.15) is 35.2 Å². The molecule has 2 aromatic heterocycles. The zero-order valence-corrected chi connectivity index (χ0v) is 10.7. The summed E-state index contributed by atoms with van der Waals surface area (Å²) in [6.45, 7) is 4.24. The Morgan fingerprint density at radius 3 is 2.95 bits per heavy atom. The third-order valence-corrected chi connectivity index (χ3v) is 2.47. The fraction of sp³-hybridized carbons (Fsp3) is 0.500. The molecule has 19 heavy (non-hydrogen) atoms. The predicted octanol–water partition coefficient (Wildman–Crippen LogP) is 0.319. The van der Waals surface area contributed by atoms with Gasteiger partial charge >= 0.3 is 5.97 Å². The highest BCUT2D eigenvalue weighted by Crippen LogP contribution is 2.17. The van der Waals surface area contributed by atoms with E-state index in [9.17, 15) is 4.79 Å². The molecule has 0 unspecified atom stereocenters. The molecule has 0 aliphatic heterocycles. The molecule has 0 saturated heterocycles. The summed E-state index contributed by atoms with van der Waals surface area (Å²) in [6.07, 6.45) is 0.879. The second-order valence-corrected chi connectivity index (χ2v) is 3.90. The first-order valence-electron chi connectivity index (χ1n) is 5.77. The molecule has 0 bridgehead atoms. The normalized spacial score (nSPS) is 10.6. The fourth-order valence-electron chi connectivity index (χ4n) is 1.55. The molecule has 9 nitrogen and oxygen atoms in total. The van der Waals surface area contributed by atoms with E-state index in [2.05, 4.69) is 20.7 Å². The number of carbonyl (C=O) groups is 1. The molecule has 0 fully saturated rings. The van der Waals surface area contributed by atoms with Crippen LogP contribution in [0.3, 0.4) is 0 Å². The third-order valence-electron chi connectivity index (χ3n) is 2.47. The number of anilines is 1. The Bertz CT molecular complexity index is 556. The van der Waals surface area contributed by atoms with Crippen molar-refractivity contribution in [2.75, 3.05) is 5.73 Å². The lowest BCUT2D eigenvalue weighted by Crippen LogP contribution is -2.12. The first-order chi connectivity index (χ1) is 9.13. The number of esters is 1. The van der Waals surface area contributed by atoms with Gasteiger partial charge in [0.15, 0.2) is 12.4 Å². The number of aryl methyl sites for hydroxylation is 2. The minimum absolute atomic E-state index is 0.0319. The molecule has 2 rings (SSSR count). The van der Waals surface area contributed by atoms with E-state index in [0.717, 1.165) is 6.42 Å². The van der Waals surface area contributed by atoms with Gasteiger partial charge in [-0.25, -0.2) is 9.48 Å². The van der Waals surface area contributed by atoms with Crippen molar-refractivity contribution in [1.29, 1.82) is 0 Å². The molecule has 0 spiro atoms. The quantitative estimate of drug-likeness (QED) is 0.767. The van der Waals surface area contributed by atoms with Gasteiger partial charge in [-0.2, -0.15) is 0 Å². The van der Waals surface area contributed by atoms with E-state index in [-0.39, 0.29) is 18.1 Å². The topological polar surface area (TPSA) is 122 Å². The van der Waals surface area contributed by atoms with E-state index < -0.39 is 5.97 Å². The van der Waals surface area contributed by atoms with Crippen molar-refractivity contribution in [3.05, 3.63) is 17.1 Å². The number of nitrogens with two attached hydrogens (primary N) is 1. The van der Waals surface area contributed by atoms with E-state index in [4.69, 9.17) is 15.0 Å². The summed E-state index contributed by atoms with van der Waals surface area (Å²) in [5.41, 5.74) is 6.01. The standard InChI is InChI=1S/C10H14N6O3/c1-3-4-16-7(12-14-15-16)5-18-10(17)8-6(2)13-19-9(8)11/h3-5,11H2,1-2H3. The number of tetrazole rings is 1. The SMILES string of the molecule is CCCn1nnnc1COC(=O)c1c(C)noc1N. The molecular weight excluding hydrogens is 252 g/mol. The summed E-state index contributed by atoms with van der Waals surface area (Å²) < 4.78 is 11.4. The van der Waals surface area contributed by atoms with E-state index >= 15 is 0 Å².